The minimum Gasteiger partial charge on any atom is -0.396 e. The SMILES string of the molecule is CC(C)(C)C1CCCC(NCCSCCCO)CC1. The molecule has 2 unspecified atom stereocenters. The molecule has 1 fully saturated rings. The van der Waals surface area contributed by atoms with Crippen LogP contribution in [-0.4, -0.2) is 35.8 Å². The Bertz CT molecular complexity index is 227. The molecular formula is C16H33NOS. The summed E-state index contributed by atoms with van der Waals surface area (Å²) in [5.41, 5.74) is 0.481. The second-order valence-electron chi connectivity index (χ2n) is 6.91. The molecule has 1 aliphatic carbocycles. The van der Waals surface area contributed by atoms with Gasteiger partial charge in [-0.2, -0.15) is 11.8 Å². The van der Waals surface area contributed by atoms with Crippen LogP contribution < -0.4 is 5.32 Å². The molecule has 19 heavy (non-hydrogen) atoms. The lowest BCUT2D eigenvalue weighted by Gasteiger charge is -2.29. The van der Waals surface area contributed by atoms with Gasteiger partial charge in [-0.1, -0.05) is 27.2 Å². The van der Waals surface area contributed by atoms with Crippen molar-refractivity contribution in [2.45, 2.75) is 65.3 Å². The number of thioether (sulfide) groups is 1. The van der Waals surface area contributed by atoms with Crippen molar-refractivity contribution in [3.05, 3.63) is 0 Å². The lowest BCUT2D eigenvalue weighted by Crippen LogP contribution is -2.30. The molecular weight excluding hydrogens is 254 g/mol. The second kappa shape index (κ2) is 9.25. The monoisotopic (exact) mass is 287 g/mol. The normalized spacial score (nSPS) is 25.3. The molecule has 114 valence electrons. The highest BCUT2D eigenvalue weighted by atomic mass is 32.2. The van der Waals surface area contributed by atoms with Gasteiger partial charge in [0.05, 0.1) is 0 Å². The van der Waals surface area contributed by atoms with Crippen LogP contribution in [0.1, 0.15) is 59.3 Å². The van der Waals surface area contributed by atoms with E-state index in [0.717, 1.165) is 30.7 Å². The van der Waals surface area contributed by atoms with Gasteiger partial charge in [0, 0.05) is 24.9 Å². The molecule has 0 aromatic heterocycles. The zero-order valence-electron chi connectivity index (χ0n) is 13.1. The Morgan fingerprint density at radius 2 is 1.89 bits per heavy atom. The number of nitrogens with one attached hydrogen (secondary N) is 1. The van der Waals surface area contributed by atoms with Gasteiger partial charge in [0.25, 0.3) is 0 Å². The fraction of sp³-hybridized carbons (Fsp3) is 1.00. The minimum absolute atomic E-state index is 0.331. The first-order chi connectivity index (χ1) is 9.04. The molecule has 0 radical (unpaired) electrons. The fourth-order valence-corrected chi connectivity index (χ4v) is 3.78. The van der Waals surface area contributed by atoms with Gasteiger partial charge >= 0.3 is 0 Å². The Labute approximate surface area is 124 Å². The van der Waals surface area contributed by atoms with E-state index in [-0.39, 0.29) is 0 Å². The van der Waals surface area contributed by atoms with E-state index in [1.54, 1.807) is 0 Å². The molecule has 1 saturated carbocycles. The molecule has 0 amide bonds. The molecule has 0 aromatic rings. The summed E-state index contributed by atoms with van der Waals surface area (Å²) in [5.74, 6) is 3.17. The zero-order valence-corrected chi connectivity index (χ0v) is 13.9. The zero-order chi connectivity index (χ0) is 14.1. The van der Waals surface area contributed by atoms with E-state index in [0.29, 0.717) is 12.0 Å². The molecule has 1 rings (SSSR count). The Morgan fingerprint density at radius 1 is 1.11 bits per heavy atom. The maximum atomic E-state index is 8.72. The van der Waals surface area contributed by atoms with Gasteiger partial charge in [0.2, 0.25) is 0 Å². The minimum atomic E-state index is 0.331. The third kappa shape index (κ3) is 7.57. The molecule has 2 nitrogen and oxygen atoms in total. The number of rotatable bonds is 7. The standard InChI is InChI=1S/C16H33NOS/c1-16(2,3)14-6-4-7-15(9-8-14)17-10-13-19-12-5-11-18/h14-15,17-18H,4-13H2,1-3H3. The number of aliphatic hydroxyl groups is 1. The summed E-state index contributed by atoms with van der Waals surface area (Å²) in [6.45, 7) is 8.63. The summed E-state index contributed by atoms with van der Waals surface area (Å²) >= 11 is 1.95. The van der Waals surface area contributed by atoms with Gasteiger partial charge in [-0.05, 0) is 49.2 Å². The topological polar surface area (TPSA) is 32.3 Å². The van der Waals surface area contributed by atoms with Crippen molar-refractivity contribution in [3.8, 4) is 0 Å². The Hall–Kier alpha value is 0.270. The van der Waals surface area contributed by atoms with Gasteiger partial charge in [-0.3, -0.25) is 0 Å². The van der Waals surface area contributed by atoms with Crippen molar-refractivity contribution in [1.82, 2.24) is 5.32 Å². The summed E-state index contributed by atoms with van der Waals surface area (Å²) in [5, 5.41) is 12.4. The Morgan fingerprint density at radius 3 is 2.58 bits per heavy atom. The van der Waals surface area contributed by atoms with Crippen LogP contribution in [0.3, 0.4) is 0 Å². The van der Waals surface area contributed by atoms with Crippen LogP contribution in [-0.2, 0) is 0 Å². The van der Waals surface area contributed by atoms with Crippen LogP contribution in [0.15, 0.2) is 0 Å². The lowest BCUT2D eigenvalue weighted by atomic mass is 9.76. The highest BCUT2D eigenvalue weighted by Crippen LogP contribution is 2.36. The van der Waals surface area contributed by atoms with Crippen LogP contribution >= 0.6 is 11.8 Å². The van der Waals surface area contributed by atoms with Crippen molar-refractivity contribution in [2.24, 2.45) is 11.3 Å². The van der Waals surface area contributed by atoms with E-state index in [1.165, 1.54) is 37.9 Å². The van der Waals surface area contributed by atoms with Gasteiger partial charge in [-0.25, -0.2) is 0 Å². The predicted octanol–water partition coefficient (Wildman–Crippen LogP) is 3.69. The van der Waals surface area contributed by atoms with E-state index in [9.17, 15) is 0 Å². The summed E-state index contributed by atoms with van der Waals surface area (Å²) in [7, 11) is 0. The van der Waals surface area contributed by atoms with Crippen LogP contribution in [0.25, 0.3) is 0 Å². The van der Waals surface area contributed by atoms with Crippen LogP contribution in [0.5, 0.6) is 0 Å². The second-order valence-corrected chi connectivity index (χ2v) is 8.14. The molecule has 2 atom stereocenters. The third-order valence-electron chi connectivity index (χ3n) is 4.32. The van der Waals surface area contributed by atoms with Gasteiger partial charge < -0.3 is 10.4 Å². The van der Waals surface area contributed by atoms with Crippen LogP contribution in [0.4, 0.5) is 0 Å². The third-order valence-corrected chi connectivity index (χ3v) is 5.39. The molecule has 3 heteroatoms. The maximum absolute atomic E-state index is 8.72. The van der Waals surface area contributed by atoms with E-state index in [1.807, 2.05) is 11.8 Å². The molecule has 0 heterocycles. The number of hydrogen-bond donors (Lipinski definition) is 2. The van der Waals surface area contributed by atoms with E-state index >= 15 is 0 Å². The summed E-state index contributed by atoms with van der Waals surface area (Å²) in [4.78, 5) is 0. The molecule has 0 aliphatic heterocycles. The summed E-state index contributed by atoms with van der Waals surface area (Å²) in [6, 6.07) is 0.741. The average molecular weight is 288 g/mol. The van der Waals surface area contributed by atoms with Crippen molar-refractivity contribution in [2.75, 3.05) is 24.7 Å². The van der Waals surface area contributed by atoms with Crippen molar-refractivity contribution in [3.63, 3.8) is 0 Å². The first-order valence-corrected chi connectivity index (χ1v) is 9.11. The van der Waals surface area contributed by atoms with E-state index in [4.69, 9.17) is 5.11 Å². The van der Waals surface area contributed by atoms with Gasteiger partial charge in [0.1, 0.15) is 0 Å². The number of aliphatic hydroxyl groups excluding tert-OH is 1. The summed E-state index contributed by atoms with van der Waals surface area (Å²) in [6.07, 6.45) is 7.82. The van der Waals surface area contributed by atoms with Crippen LogP contribution in [0, 0.1) is 11.3 Å². The fourth-order valence-electron chi connectivity index (χ4n) is 2.98. The maximum Gasteiger partial charge on any atom is 0.0438 e. The average Bonchev–Trinajstić information content (AvgIpc) is 2.58. The van der Waals surface area contributed by atoms with Crippen molar-refractivity contribution < 1.29 is 5.11 Å². The number of hydrogen-bond acceptors (Lipinski definition) is 3. The smallest absolute Gasteiger partial charge is 0.0438 e. The molecule has 0 bridgehead atoms. The van der Waals surface area contributed by atoms with E-state index < -0.39 is 0 Å². The highest BCUT2D eigenvalue weighted by molar-refractivity contribution is 7.99. The Kier molecular flexibility index (Phi) is 8.43. The predicted molar refractivity (Wildman–Crippen MR) is 86.8 cm³/mol. The van der Waals surface area contributed by atoms with Gasteiger partial charge in [0.15, 0.2) is 0 Å². The molecule has 0 aromatic carbocycles. The molecule has 0 saturated heterocycles. The van der Waals surface area contributed by atoms with Gasteiger partial charge in [-0.15, -0.1) is 0 Å². The lowest BCUT2D eigenvalue weighted by molar-refractivity contribution is 0.213. The van der Waals surface area contributed by atoms with Crippen LogP contribution in [0.2, 0.25) is 0 Å². The molecule has 1 aliphatic rings. The van der Waals surface area contributed by atoms with Crippen molar-refractivity contribution in [1.29, 1.82) is 0 Å². The molecule has 0 spiro atoms. The molecule has 2 N–H and O–H groups in total. The largest absolute Gasteiger partial charge is 0.396 e. The first-order valence-electron chi connectivity index (χ1n) is 7.96. The summed E-state index contributed by atoms with van der Waals surface area (Å²) < 4.78 is 0. The Balaban J connectivity index is 2.12. The quantitative estimate of drug-likeness (QED) is 0.553. The van der Waals surface area contributed by atoms with E-state index in [2.05, 4.69) is 26.1 Å². The van der Waals surface area contributed by atoms with Crippen molar-refractivity contribution >= 4 is 11.8 Å². The first kappa shape index (κ1) is 17.3. The highest BCUT2D eigenvalue weighted by Gasteiger charge is 2.27.